The van der Waals surface area contributed by atoms with Gasteiger partial charge in [0.15, 0.2) is 0 Å². The fourth-order valence-electron chi connectivity index (χ4n) is 2.10. The fraction of sp³-hybridized carbons (Fsp3) is 0.286. The van der Waals surface area contributed by atoms with Crippen LogP contribution >= 0.6 is 0 Å². The van der Waals surface area contributed by atoms with Crippen LogP contribution < -0.4 is 11.1 Å². The third kappa shape index (κ3) is 2.13. The van der Waals surface area contributed by atoms with Crippen LogP contribution in [-0.2, 0) is 0 Å². The predicted molar refractivity (Wildman–Crippen MR) is 72.7 cm³/mol. The first-order valence-electron chi connectivity index (χ1n) is 6.22. The molecule has 0 spiro atoms. The van der Waals surface area contributed by atoms with Gasteiger partial charge in [0.05, 0.1) is 17.7 Å². The summed E-state index contributed by atoms with van der Waals surface area (Å²) in [5.41, 5.74) is 7.01. The minimum Gasteiger partial charge on any atom is -0.398 e. The molecule has 1 heterocycles. The van der Waals surface area contributed by atoms with Crippen LogP contribution in [0.4, 0.5) is 5.69 Å². The van der Waals surface area contributed by atoms with Crippen molar-refractivity contribution in [3.63, 3.8) is 0 Å². The topological polar surface area (TPSA) is 88.2 Å². The maximum Gasteiger partial charge on any atom is 0.270 e. The van der Waals surface area contributed by atoms with E-state index in [0.29, 0.717) is 11.2 Å². The first-order valence-corrected chi connectivity index (χ1v) is 6.22. The molecule has 1 amide bonds. The number of carbonyl (C=O) groups excluding carboxylic acids is 1. The number of benzene rings is 1. The molecule has 19 heavy (non-hydrogen) atoms. The number of pyridine rings is 1. The van der Waals surface area contributed by atoms with Gasteiger partial charge in [-0.15, -0.1) is 0 Å². The Morgan fingerprint density at radius 1 is 1.42 bits per heavy atom. The lowest BCUT2D eigenvalue weighted by Gasteiger charge is -2.14. The summed E-state index contributed by atoms with van der Waals surface area (Å²) in [6, 6.07) is 9.00. The summed E-state index contributed by atoms with van der Waals surface area (Å²) in [7, 11) is 0. The standard InChI is InChI=1S/C14H15N3O2/c15-10-7-12(13(19)17-14(8-18)5-6-14)16-11-4-2-1-3-9(10)11/h1-4,7,18H,5-6,8H2,(H2,15,16)(H,17,19). The van der Waals surface area contributed by atoms with Crippen molar-refractivity contribution in [2.45, 2.75) is 18.4 Å². The molecule has 1 aliphatic carbocycles. The number of hydrogen-bond acceptors (Lipinski definition) is 4. The maximum atomic E-state index is 12.1. The van der Waals surface area contributed by atoms with Crippen LogP contribution in [0, 0.1) is 0 Å². The van der Waals surface area contributed by atoms with Crippen LogP contribution in [0.25, 0.3) is 10.9 Å². The smallest absolute Gasteiger partial charge is 0.270 e. The Bertz CT molecular complexity index is 650. The van der Waals surface area contributed by atoms with E-state index in [0.717, 1.165) is 18.2 Å². The summed E-state index contributed by atoms with van der Waals surface area (Å²) in [5, 5.41) is 12.9. The third-order valence-electron chi connectivity index (χ3n) is 3.52. The van der Waals surface area contributed by atoms with Gasteiger partial charge in [-0.3, -0.25) is 4.79 Å². The quantitative estimate of drug-likeness (QED) is 0.767. The van der Waals surface area contributed by atoms with Crippen LogP contribution in [0.2, 0.25) is 0 Å². The van der Waals surface area contributed by atoms with Crippen LogP contribution in [-0.4, -0.2) is 28.1 Å². The first-order chi connectivity index (χ1) is 9.13. The molecule has 4 N–H and O–H groups in total. The van der Waals surface area contributed by atoms with Gasteiger partial charge in [0, 0.05) is 11.1 Å². The first kappa shape index (κ1) is 11.9. The summed E-state index contributed by atoms with van der Waals surface area (Å²) in [5.74, 6) is -0.288. The molecule has 0 unspecified atom stereocenters. The molecule has 3 rings (SSSR count). The Kier molecular flexibility index (Phi) is 2.64. The van der Waals surface area contributed by atoms with Gasteiger partial charge in [-0.1, -0.05) is 18.2 Å². The van der Waals surface area contributed by atoms with Crippen molar-refractivity contribution in [2.24, 2.45) is 0 Å². The Labute approximate surface area is 110 Å². The second kappa shape index (κ2) is 4.20. The number of aliphatic hydroxyl groups excluding tert-OH is 1. The Balaban J connectivity index is 1.94. The molecule has 1 aliphatic rings. The molecule has 1 fully saturated rings. The number of nitrogen functional groups attached to an aromatic ring is 1. The molecule has 0 saturated heterocycles. The Hall–Kier alpha value is -2.14. The number of aromatic nitrogens is 1. The highest BCUT2D eigenvalue weighted by atomic mass is 16.3. The van der Waals surface area contributed by atoms with Crippen molar-refractivity contribution in [1.82, 2.24) is 10.3 Å². The van der Waals surface area contributed by atoms with Gasteiger partial charge < -0.3 is 16.2 Å². The fourth-order valence-corrected chi connectivity index (χ4v) is 2.10. The molecule has 0 atom stereocenters. The Morgan fingerprint density at radius 3 is 2.84 bits per heavy atom. The average molecular weight is 257 g/mol. The van der Waals surface area contributed by atoms with Gasteiger partial charge in [0.1, 0.15) is 5.69 Å². The zero-order valence-corrected chi connectivity index (χ0v) is 10.4. The molecule has 0 bridgehead atoms. The lowest BCUT2D eigenvalue weighted by molar-refractivity contribution is 0.0902. The second-order valence-electron chi connectivity index (χ2n) is 5.01. The van der Waals surface area contributed by atoms with Crippen molar-refractivity contribution in [3.05, 3.63) is 36.0 Å². The van der Waals surface area contributed by atoms with Crippen LogP contribution in [0.1, 0.15) is 23.3 Å². The second-order valence-corrected chi connectivity index (χ2v) is 5.01. The van der Waals surface area contributed by atoms with Gasteiger partial charge in [-0.25, -0.2) is 4.98 Å². The van der Waals surface area contributed by atoms with Gasteiger partial charge in [-0.05, 0) is 25.0 Å². The van der Waals surface area contributed by atoms with E-state index in [2.05, 4.69) is 10.3 Å². The molecular weight excluding hydrogens is 242 g/mol. The van der Waals surface area contributed by atoms with Crippen LogP contribution in [0.3, 0.4) is 0 Å². The number of amides is 1. The van der Waals surface area contributed by atoms with E-state index in [-0.39, 0.29) is 18.2 Å². The SMILES string of the molecule is Nc1cc(C(=O)NC2(CO)CC2)nc2ccccc12. The van der Waals surface area contributed by atoms with Gasteiger partial charge in [-0.2, -0.15) is 0 Å². The summed E-state index contributed by atoms with van der Waals surface area (Å²) < 4.78 is 0. The minimum atomic E-state index is -0.445. The molecule has 2 aromatic rings. The van der Waals surface area contributed by atoms with E-state index >= 15 is 0 Å². The zero-order chi connectivity index (χ0) is 13.5. The van der Waals surface area contributed by atoms with E-state index in [1.807, 2.05) is 24.3 Å². The summed E-state index contributed by atoms with van der Waals surface area (Å²) in [4.78, 5) is 16.4. The number of nitrogens with one attached hydrogen (secondary N) is 1. The largest absolute Gasteiger partial charge is 0.398 e. The van der Waals surface area contributed by atoms with Crippen molar-refractivity contribution in [1.29, 1.82) is 0 Å². The van der Waals surface area contributed by atoms with Crippen molar-refractivity contribution in [3.8, 4) is 0 Å². The average Bonchev–Trinajstić information content (AvgIpc) is 3.19. The number of fused-ring (bicyclic) bond motifs is 1. The summed E-state index contributed by atoms with van der Waals surface area (Å²) >= 11 is 0. The number of hydrogen-bond donors (Lipinski definition) is 3. The van der Waals surface area contributed by atoms with Gasteiger partial charge in [0.2, 0.25) is 0 Å². The summed E-state index contributed by atoms with van der Waals surface area (Å²) in [6.07, 6.45) is 1.61. The maximum absolute atomic E-state index is 12.1. The summed E-state index contributed by atoms with van der Waals surface area (Å²) in [6.45, 7) is -0.0399. The number of para-hydroxylation sites is 1. The number of anilines is 1. The molecule has 1 aromatic carbocycles. The highest BCUT2D eigenvalue weighted by molar-refractivity contribution is 5.99. The molecular formula is C14H15N3O2. The number of nitrogens with two attached hydrogens (primary N) is 1. The minimum absolute atomic E-state index is 0.0399. The molecule has 1 saturated carbocycles. The number of aliphatic hydroxyl groups is 1. The van der Waals surface area contributed by atoms with Crippen molar-refractivity contribution in [2.75, 3.05) is 12.3 Å². The van der Waals surface area contributed by atoms with E-state index in [1.54, 1.807) is 6.07 Å². The van der Waals surface area contributed by atoms with E-state index < -0.39 is 5.54 Å². The lowest BCUT2D eigenvalue weighted by atomic mass is 10.1. The number of carbonyl (C=O) groups is 1. The third-order valence-corrected chi connectivity index (χ3v) is 3.52. The molecule has 1 aromatic heterocycles. The van der Waals surface area contributed by atoms with E-state index in [4.69, 9.17) is 5.73 Å². The number of nitrogens with zero attached hydrogens (tertiary/aromatic N) is 1. The highest BCUT2D eigenvalue weighted by Gasteiger charge is 2.43. The molecule has 5 nitrogen and oxygen atoms in total. The normalized spacial score (nSPS) is 16.3. The monoisotopic (exact) mass is 257 g/mol. The Morgan fingerprint density at radius 2 is 2.16 bits per heavy atom. The van der Waals surface area contributed by atoms with Gasteiger partial charge >= 0.3 is 0 Å². The van der Waals surface area contributed by atoms with Crippen molar-refractivity contribution >= 4 is 22.5 Å². The molecule has 5 heteroatoms. The van der Waals surface area contributed by atoms with Crippen LogP contribution in [0.5, 0.6) is 0 Å². The van der Waals surface area contributed by atoms with E-state index in [1.165, 1.54) is 0 Å². The molecule has 0 aliphatic heterocycles. The molecule has 98 valence electrons. The zero-order valence-electron chi connectivity index (χ0n) is 10.4. The van der Waals surface area contributed by atoms with Crippen LogP contribution in [0.15, 0.2) is 30.3 Å². The number of rotatable bonds is 3. The van der Waals surface area contributed by atoms with Crippen molar-refractivity contribution < 1.29 is 9.90 Å². The van der Waals surface area contributed by atoms with E-state index in [9.17, 15) is 9.90 Å². The van der Waals surface area contributed by atoms with Gasteiger partial charge in [0.25, 0.3) is 5.91 Å². The highest BCUT2D eigenvalue weighted by Crippen LogP contribution is 2.34. The lowest BCUT2D eigenvalue weighted by Crippen LogP contribution is -2.40. The predicted octanol–water partition coefficient (Wildman–Crippen LogP) is 1.07. The molecule has 0 radical (unpaired) electrons.